The number of hydrogen-bond donors (Lipinski definition) is 2. The highest BCUT2D eigenvalue weighted by molar-refractivity contribution is 4.76. The van der Waals surface area contributed by atoms with Crippen LogP contribution in [-0.2, 0) is 4.74 Å². The summed E-state index contributed by atoms with van der Waals surface area (Å²) >= 11 is 0. The van der Waals surface area contributed by atoms with Gasteiger partial charge < -0.3 is 20.1 Å². The molecule has 1 aliphatic carbocycles. The molecule has 0 aromatic heterocycles. The molecule has 21 heavy (non-hydrogen) atoms. The molecule has 0 bridgehead atoms. The molecule has 1 fully saturated rings. The SMILES string of the molecule is CC1CCCCC1OCC(O)CNCC(C)(C)CN(C)C. The molecule has 4 nitrogen and oxygen atoms in total. The molecule has 126 valence electrons. The number of rotatable bonds is 9. The first-order valence-corrected chi connectivity index (χ1v) is 8.45. The molecule has 0 spiro atoms. The normalized spacial score (nSPS) is 25.3. The molecular formula is C17H36N2O2. The predicted molar refractivity (Wildman–Crippen MR) is 88.6 cm³/mol. The summed E-state index contributed by atoms with van der Waals surface area (Å²) in [5, 5.41) is 13.4. The van der Waals surface area contributed by atoms with Crippen molar-refractivity contribution in [2.45, 2.75) is 58.7 Å². The quantitative estimate of drug-likeness (QED) is 0.685. The second-order valence-electron chi connectivity index (χ2n) is 7.82. The maximum absolute atomic E-state index is 10.0. The van der Waals surface area contributed by atoms with Crippen LogP contribution in [-0.4, -0.2) is 62.6 Å². The van der Waals surface area contributed by atoms with Crippen LogP contribution in [0.25, 0.3) is 0 Å². The molecule has 1 rings (SSSR count). The number of aliphatic hydroxyl groups is 1. The lowest BCUT2D eigenvalue weighted by molar-refractivity contribution is -0.0455. The molecule has 2 N–H and O–H groups in total. The molecule has 1 aliphatic rings. The lowest BCUT2D eigenvalue weighted by Crippen LogP contribution is -2.41. The van der Waals surface area contributed by atoms with Crippen LogP contribution >= 0.6 is 0 Å². The molecule has 0 radical (unpaired) electrons. The van der Waals surface area contributed by atoms with Gasteiger partial charge in [0, 0.05) is 19.6 Å². The second-order valence-corrected chi connectivity index (χ2v) is 7.82. The van der Waals surface area contributed by atoms with Gasteiger partial charge in [-0.1, -0.05) is 33.6 Å². The average Bonchev–Trinajstić information content (AvgIpc) is 2.36. The molecule has 0 amide bonds. The summed E-state index contributed by atoms with van der Waals surface area (Å²) in [7, 11) is 4.19. The Morgan fingerprint density at radius 1 is 1.29 bits per heavy atom. The van der Waals surface area contributed by atoms with E-state index in [1.165, 1.54) is 19.3 Å². The summed E-state index contributed by atoms with van der Waals surface area (Å²) in [6.45, 7) is 9.75. The van der Waals surface area contributed by atoms with Gasteiger partial charge in [-0.15, -0.1) is 0 Å². The first kappa shape index (κ1) is 18.9. The highest BCUT2D eigenvalue weighted by Crippen LogP contribution is 2.26. The Hall–Kier alpha value is -0.160. The lowest BCUT2D eigenvalue weighted by Gasteiger charge is -2.30. The number of nitrogens with zero attached hydrogens (tertiary/aromatic N) is 1. The van der Waals surface area contributed by atoms with E-state index in [2.05, 4.69) is 45.1 Å². The maximum atomic E-state index is 10.0. The van der Waals surface area contributed by atoms with Crippen LogP contribution in [0.5, 0.6) is 0 Å². The first-order valence-electron chi connectivity index (χ1n) is 8.45. The number of hydrogen-bond acceptors (Lipinski definition) is 4. The fourth-order valence-corrected chi connectivity index (χ4v) is 3.31. The van der Waals surface area contributed by atoms with Crippen molar-refractivity contribution in [3.8, 4) is 0 Å². The van der Waals surface area contributed by atoms with E-state index in [1.807, 2.05) is 0 Å². The van der Waals surface area contributed by atoms with Crippen LogP contribution in [0.2, 0.25) is 0 Å². The van der Waals surface area contributed by atoms with E-state index in [9.17, 15) is 5.11 Å². The minimum Gasteiger partial charge on any atom is -0.389 e. The number of nitrogens with one attached hydrogen (secondary N) is 1. The van der Waals surface area contributed by atoms with Crippen molar-refractivity contribution in [3.63, 3.8) is 0 Å². The van der Waals surface area contributed by atoms with E-state index in [1.54, 1.807) is 0 Å². The summed E-state index contributed by atoms with van der Waals surface area (Å²) in [5.74, 6) is 0.637. The zero-order valence-electron chi connectivity index (χ0n) is 14.7. The smallest absolute Gasteiger partial charge is 0.0897 e. The number of aliphatic hydroxyl groups excluding tert-OH is 1. The fourth-order valence-electron chi connectivity index (χ4n) is 3.31. The molecule has 0 aromatic rings. The molecule has 0 heterocycles. The Morgan fingerprint density at radius 2 is 1.95 bits per heavy atom. The van der Waals surface area contributed by atoms with Gasteiger partial charge in [-0.25, -0.2) is 0 Å². The topological polar surface area (TPSA) is 44.7 Å². The van der Waals surface area contributed by atoms with Gasteiger partial charge >= 0.3 is 0 Å². The number of ether oxygens (including phenoxy) is 1. The molecule has 1 saturated carbocycles. The summed E-state index contributed by atoms with van der Waals surface area (Å²) in [6, 6.07) is 0. The Bertz CT molecular complexity index is 282. The fraction of sp³-hybridized carbons (Fsp3) is 1.00. The van der Waals surface area contributed by atoms with Gasteiger partial charge in [0.25, 0.3) is 0 Å². The summed E-state index contributed by atoms with van der Waals surface area (Å²) < 4.78 is 5.91. The molecule has 0 saturated heterocycles. The largest absolute Gasteiger partial charge is 0.389 e. The van der Waals surface area contributed by atoms with Gasteiger partial charge in [-0.2, -0.15) is 0 Å². The Balaban J connectivity index is 2.14. The third kappa shape index (κ3) is 8.15. The van der Waals surface area contributed by atoms with Crippen molar-refractivity contribution in [2.75, 3.05) is 40.3 Å². The molecule has 0 aliphatic heterocycles. The van der Waals surface area contributed by atoms with Crippen molar-refractivity contribution in [1.82, 2.24) is 10.2 Å². The van der Waals surface area contributed by atoms with Crippen LogP contribution in [0.3, 0.4) is 0 Å². The van der Waals surface area contributed by atoms with Crippen LogP contribution in [0, 0.1) is 11.3 Å². The molecule has 3 atom stereocenters. The van der Waals surface area contributed by atoms with Crippen molar-refractivity contribution in [1.29, 1.82) is 0 Å². The standard InChI is InChI=1S/C17H36N2O2/c1-14-8-6-7-9-16(14)21-11-15(20)10-18-12-17(2,3)13-19(4)5/h14-16,18,20H,6-13H2,1-5H3. The predicted octanol–water partition coefficient (Wildman–Crippen LogP) is 2.12. The van der Waals surface area contributed by atoms with E-state index in [0.29, 0.717) is 25.2 Å². The molecule has 4 heteroatoms. The van der Waals surface area contributed by atoms with Crippen LogP contribution in [0.4, 0.5) is 0 Å². The van der Waals surface area contributed by atoms with Gasteiger partial charge in [0.15, 0.2) is 0 Å². The highest BCUT2D eigenvalue weighted by Gasteiger charge is 2.23. The van der Waals surface area contributed by atoms with E-state index < -0.39 is 6.10 Å². The third-order valence-corrected chi connectivity index (χ3v) is 4.26. The maximum Gasteiger partial charge on any atom is 0.0897 e. The van der Waals surface area contributed by atoms with Gasteiger partial charge in [-0.05, 0) is 38.3 Å². The lowest BCUT2D eigenvalue weighted by atomic mass is 9.88. The van der Waals surface area contributed by atoms with Gasteiger partial charge in [0.1, 0.15) is 0 Å². The van der Waals surface area contributed by atoms with Crippen molar-refractivity contribution in [2.24, 2.45) is 11.3 Å². The summed E-state index contributed by atoms with van der Waals surface area (Å²) in [6.07, 6.45) is 4.94. The van der Waals surface area contributed by atoms with Gasteiger partial charge in [0.05, 0.1) is 18.8 Å². The van der Waals surface area contributed by atoms with Gasteiger partial charge in [-0.3, -0.25) is 0 Å². The third-order valence-electron chi connectivity index (χ3n) is 4.26. The Labute approximate surface area is 131 Å². The van der Waals surface area contributed by atoms with Crippen LogP contribution < -0.4 is 5.32 Å². The van der Waals surface area contributed by atoms with E-state index in [4.69, 9.17) is 4.74 Å². The van der Waals surface area contributed by atoms with Crippen molar-refractivity contribution >= 4 is 0 Å². The molecule has 3 unspecified atom stereocenters. The van der Waals surface area contributed by atoms with E-state index >= 15 is 0 Å². The van der Waals surface area contributed by atoms with E-state index in [-0.39, 0.29) is 5.41 Å². The molecular weight excluding hydrogens is 264 g/mol. The minimum absolute atomic E-state index is 0.210. The van der Waals surface area contributed by atoms with Gasteiger partial charge in [0.2, 0.25) is 0 Å². The van der Waals surface area contributed by atoms with E-state index in [0.717, 1.165) is 19.5 Å². The Morgan fingerprint density at radius 3 is 2.57 bits per heavy atom. The zero-order valence-corrected chi connectivity index (χ0v) is 14.7. The van der Waals surface area contributed by atoms with Crippen molar-refractivity contribution < 1.29 is 9.84 Å². The van der Waals surface area contributed by atoms with Crippen molar-refractivity contribution in [3.05, 3.63) is 0 Å². The van der Waals surface area contributed by atoms with Crippen LogP contribution in [0.1, 0.15) is 46.5 Å². The summed E-state index contributed by atoms with van der Waals surface area (Å²) in [5.41, 5.74) is 0.210. The minimum atomic E-state index is -0.408. The summed E-state index contributed by atoms with van der Waals surface area (Å²) in [4.78, 5) is 2.20. The monoisotopic (exact) mass is 300 g/mol. The zero-order chi connectivity index (χ0) is 15.9. The molecule has 0 aromatic carbocycles. The second kappa shape index (κ2) is 9.09. The first-order chi connectivity index (χ1) is 9.80. The Kier molecular flexibility index (Phi) is 8.17. The van der Waals surface area contributed by atoms with Crippen LogP contribution in [0.15, 0.2) is 0 Å². The highest BCUT2D eigenvalue weighted by atomic mass is 16.5. The average molecular weight is 300 g/mol.